The number of carbonyl (C=O) groups is 1. The fraction of sp³-hybridized carbons (Fsp3) is 0.400. The van der Waals surface area contributed by atoms with E-state index in [9.17, 15) is 4.79 Å². The summed E-state index contributed by atoms with van der Waals surface area (Å²) in [4.78, 5) is 16.1. The van der Waals surface area contributed by atoms with Crippen molar-refractivity contribution in [2.75, 3.05) is 43.0 Å². The van der Waals surface area contributed by atoms with Gasteiger partial charge in [-0.3, -0.25) is 4.79 Å². The van der Waals surface area contributed by atoms with Crippen LogP contribution in [0.2, 0.25) is 5.02 Å². The van der Waals surface area contributed by atoms with E-state index in [1.807, 2.05) is 18.2 Å². The van der Waals surface area contributed by atoms with Gasteiger partial charge in [-0.05, 0) is 24.6 Å². The lowest BCUT2D eigenvalue weighted by Gasteiger charge is -2.25. The second-order valence-corrected chi connectivity index (χ2v) is 5.25. The Bertz CT molecular complexity index is 538. The Morgan fingerprint density at radius 3 is 3.00 bits per heavy atom. The molecule has 0 saturated carbocycles. The van der Waals surface area contributed by atoms with Gasteiger partial charge in [0, 0.05) is 25.2 Å². The van der Waals surface area contributed by atoms with Crippen LogP contribution in [-0.2, 0) is 4.79 Å². The molecule has 0 spiro atoms. The van der Waals surface area contributed by atoms with Crippen LogP contribution in [0.1, 0.15) is 6.42 Å². The summed E-state index contributed by atoms with van der Waals surface area (Å²) in [6.07, 6.45) is 6.14. The minimum Gasteiger partial charge on any atom is -0.373 e. The SMILES string of the molecule is C#CCNC(=O)CN1CCCN(C)c2ccc(Cl)cc21. The van der Waals surface area contributed by atoms with Crippen LogP contribution >= 0.6 is 11.6 Å². The molecule has 4 nitrogen and oxygen atoms in total. The molecule has 1 aromatic carbocycles. The van der Waals surface area contributed by atoms with Crippen LogP contribution < -0.4 is 15.1 Å². The standard InChI is InChI=1S/C15H18ClN3O/c1-3-7-17-15(20)11-19-9-4-8-18(2)13-6-5-12(16)10-14(13)19/h1,5-6,10H,4,7-9,11H2,2H3,(H,17,20). The van der Waals surface area contributed by atoms with E-state index in [2.05, 4.69) is 28.1 Å². The highest BCUT2D eigenvalue weighted by atomic mass is 35.5. The van der Waals surface area contributed by atoms with E-state index in [0.29, 0.717) is 11.6 Å². The van der Waals surface area contributed by atoms with Gasteiger partial charge < -0.3 is 15.1 Å². The van der Waals surface area contributed by atoms with Gasteiger partial charge in [-0.2, -0.15) is 0 Å². The van der Waals surface area contributed by atoms with Crippen LogP contribution in [0.4, 0.5) is 11.4 Å². The number of benzene rings is 1. The number of amides is 1. The van der Waals surface area contributed by atoms with Gasteiger partial charge in [0.25, 0.3) is 0 Å². The van der Waals surface area contributed by atoms with E-state index in [-0.39, 0.29) is 12.5 Å². The molecule has 1 heterocycles. The molecule has 1 aliphatic rings. The summed E-state index contributed by atoms with van der Waals surface area (Å²) in [7, 11) is 2.05. The van der Waals surface area contributed by atoms with Crippen molar-refractivity contribution >= 4 is 28.9 Å². The highest BCUT2D eigenvalue weighted by Crippen LogP contribution is 2.33. The van der Waals surface area contributed by atoms with Gasteiger partial charge in [0.2, 0.25) is 5.91 Å². The molecule has 0 radical (unpaired) electrons. The molecule has 0 atom stereocenters. The van der Waals surface area contributed by atoms with E-state index >= 15 is 0 Å². The summed E-state index contributed by atoms with van der Waals surface area (Å²) >= 11 is 6.09. The van der Waals surface area contributed by atoms with Crippen LogP contribution in [0.5, 0.6) is 0 Å². The van der Waals surface area contributed by atoms with E-state index in [4.69, 9.17) is 18.0 Å². The lowest BCUT2D eigenvalue weighted by Crippen LogP contribution is -2.37. The van der Waals surface area contributed by atoms with E-state index < -0.39 is 0 Å². The normalized spacial score (nSPS) is 14.2. The predicted octanol–water partition coefficient (Wildman–Crippen LogP) is 1.74. The van der Waals surface area contributed by atoms with Crippen molar-refractivity contribution in [1.29, 1.82) is 0 Å². The first kappa shape index (κ1) is 14.5. The largest absolute Gasteiger partial charge is 0.373 e. The molecule has 0 unspecified atom stereocenters. The van der Waals surface area contributed by atoms with Crippen LogP contribution in [0.3, 0.4) is 0 Å². The topological polar surface area (TPSA) is 35.6 Å². The Morgan fingerprint density at radius 1 is 1.45 bits per heavy atom. The fourth-order valence-corrected chi connectivity index (χ4v) is 2.52. The molecule has 0 aliphatic carbocycles. The van der Waals surface area contributed by atoms with Crippen molar-refractivity contribution in [3.8, 4) is 12.3 Å². The van der Waals surface area contributed by atoms with Crippen LogP contribution in [0, 0.1) is 12.3 Å². The zero-order valence-electron chi connectivity index (χ0n) is 11.5. The molecule has 1 N–H and O–H groups in total. The summed E-state index contributed by atoms with van der Waals surface area (Å²) in [6.45, 7) is 2.33. The predicted molar refractivity (Wildman–Crippen MR) is 83.4 cm³/mol. The van der Waals surface area contributed by atoms with E-state index in [1.54, 1.807) is 0 Å². The number of anilines is 2. The van der Waals surface area contributed by atoms with Gasteiger partial charge in [0.15, 0.2) is 0 Å². The smallest absolute Gasteiger partial charge is 0.240 e. The molecular weight excluding hydrogens is 274 g/mol. The molecule has 2 rings (SSSR count). The van der Waals surface area contributed by atoms with Crippen LogP contribution in [-0.4, -0.2) is 39.1 Å². The maximum atomic E-state index is 11.9. The molecule has 0 aromatic heterocycles. The lowest BCUT2D eigenvalue weighted by molar-refractivity contribution is -0.119. The highest BCUT2D eigenvalue weighted by Gasteiger charge is 2.20. The molecule has 1 aromatic rings. The zero-order valence-corrected chi connectivity index (χ0v) is 12.3. The number of hydrogen-bond donors (Lipinski definition) is 1. The third kappa shape index (κ3) is 3.37. The van der Waals surface area contributed by atoms with Gasteiger partial charge in [-0.25, -0.2) is 0 Å². The van der Waals surface area contributed by atoms with Crippen molar-refractivity contribution in [2.45, 2.75) is 6.42 Å². The number of hydrogen-bond acceptors (Lipinski definition) is 3. The van der Waals surface area contributed by atoms with E-state index in [1.165, 1.54) is 0 Å². The van der Waals surface area contributed by atoms with Crippen molar-refractivity contribution in [3.05, 3.63) is 23.2 Å². The maximum Gasteiger partial charge on any atom is 0.240 e. The van der Waals surface area contributed by atoms with Gasteiger partial charge in [0.05, 0.1) is 24.5 Å². The minimum absolute atomic E-state index is 0.0709. The summed E-state index contributed by atoms with van der Waals surface area (Å²) in [5.41, 5.74) is 2.09. The Balaban J connectivity index is 2.21. The number of nitrogens with one attached hydrogen (secondary N) is 1. The zero-order chi connectivity index (χ0) is 14.5. The summed E-state index contributed by atoms with van der Waals surface area (Å²) in [5.74, 6) is 2.33. The van der Waals surface area contributed by atoms with E-state index in [0.717, 1.165) is 30.9 Å². The Morgan fingerprint density at radius 2 is 2.25 bits per heavy atom. The molecule has 5 heteroatoms. The number of halogens is 1. The molecular formula is C15H18ClN3O. The first-order valence-corrected chi connectivity index (χ1v) is 6.95. The van der Waals surface area contributed by atoms with Crippen molar-refractivity contribution in [3.63, 3.8) is 0 Å². The molecule has 0 saturated heterocycles. The maximum absolute atomic E-state index is 11.9. The lowest BCUT2D eigenvalue weighted by atomic mass is 10.2. The summed E-state index contributed by atoms with van der Waals surface area (Å²) < 4.78 is 0. The summed E-state index contributed by atoms with van der Waals surface area (Å²) in [6, 6.07) is 5.78. The Hall–Kier alpha value is -1.86. The monoisotopic (exact) mass is 291 g/mol. The molecule has 106 valence electrons. The fourth-order valence-electron chi connectivity index (χ4n) is 2.36. The molecule has 20 heavy (non-hydrogen) atoms. The van der Waals surface area contributed by atoms with Gasteiger partial charge in [-0.1, -0.05) is 17.5 Å². The average molecular weight is 292 g/mol. The third-order valence-electron chi connectivity index (χ3n) is 3.33. The first-order chi connectivity index (χ1) is 9.61. The van der Waals surface area contributed by atoms with Gasteiger partial charge >= 0.3 is 0 Å². The number of carbonyl (C=O) groups excluding carboxylic acids is 1. The first-order valence-electron chi connectivity index (χ1n) is 6.57. The second-order valence-electron chi connectivity index (χ2n) is 4.81. The van der Waals surface area contributed by atoms with Gasteiger partial charge in [0.1, 0.15) is 0 Å². The number of rotatable bonds is 3. The molecule has 1 amide bonds. The molecule has 1 aliphatic heterocycles. The quantitative estimate of drug-likeness (QED) is 0.862. The van der Waals surface area contributed by atoms with Crippen molar-refractivity contribution in [2.24, 2.45) is 0 Å². The number of terminal acetylenes is 1. The van der Waals surface area contributed by atoms with Gasteiger partial charge in [-0.15, -0.1) is 6.42 Å². The second kappa shape index (κ2) is 6.53. The molecule has 0 fully saturated rings. The Kier molecular flexibility index (Phi) is 4.75. The van der Waals surface area contributed by atoms with Crippen molar-refractivity contribution in [1.82, 2.24) is 5.32 Å². The summed E-state index contributed by atoms with van der Waals surface area (Å²) in [5, 5.41) is 3.37. The van der Waals surface area contributed by atoms with Crippen LogP contribution in [0.15, 0.2) is 18.2 Å². The average Bonchev–Trinajstić information content (AvgIpc) is 2.57. The molecule has 0 bridgehead atoms. The van der Waals surface area contributed by atoms with Crippen molar-refractivity contribution < 1.29 is 4.79 Å². The third-order valence-corrected chi connectivity index (χ3v) is 3.57. The highest BCUT2D eigenvalue weighted by molar-refractivity contribution is 6.31. The Labute approximate surface area is 124 Å². The number of nitrogens with zero attached hydrogens (tertiary/aromatic N) is 2. The number of fused-ring (bicyclic) bond motifs is 1. The minimum atomic E-state index is -0.0709. The van der Waals surface area contributed by atoms with Crippen LogP contribution in [0.25, 0.3) is 0 Å².